The van der Waals surface area contributed by atoms with Gasteiger partial charge in [-0.2, -0.15) is 0 Å². The molecule has 0 aliphatic carbocycles. The Morgan fingerprint density at radius 2 is 1.93 bits per heavy atom. The Balaban J connectivity index is 2.55. The van der Waals surface area contributed by atoms with E-state index in [4.69, 9.17) is 5.73 Å². The van der Waals surface area contributed by atoms with Gasteiger partial charge in [0.1, 0.15) is 0 Å². The number of nitrogens with zero attached hydrogens (tertiary/aromatic N) is 3. The molecular formula is C9H8F2N4. The largest absolute Gasteiger partial charge is 0.368 e. The molecule has 2 aromatic rings. The van der Waals surface area contributed by atoms with Crippen LogP contribution in [0.3, 0.4) is 0 Å². The molecule has 0 aliphatic heterocycles. The summed E-state index contributed by atoms with van der Waals surface area (Å²) in [6, 6.07) is 3.51. The normalized spacial score (nSPS) is 10.6. The van der Waals surface area contributed by atoms with Gasteiger partial charge in [-0.1, -0.05) is 0 Å². The van der Waals surface area contributed by atoms with Crippen LogP contribution in [-0.4, -0.2) is 14.8 Å². The van der Waals surface area contributed by atoms with Crippen LogP contribution in [0.25, 0.3) is 11.4 Å². The summed E-state index contributed by atoms with van der Waals surface area (Å²) in [6.07, 6.45) is 0. The molecule has 0 aliphatic rings. The highest BCUT2D eigenvalue weighted by Crippen LogP contribution is 2.20. The number of halogens is 2. The molecule has 0 unspecified atom stereocenters. The van der Waals surface area contributed by atoms with Crippen molar-refractivity contribution in [2.75, 3.05) is 5.73 Å². The first-order valence-corrected chi connectivity index (χ1v) is 4.20. The van der Waals surface area contributed by atoms with E-state index in [1.165, 1.54) is 10.6 Å². The number of hydrogen-bond donors (Lipinski definition) is 1. The third-order valence-corrected chi connectivity index (χ3v) is 2.09. The number of aromatic nitrogens is 3. The summed E-state index contributed by atoms with van der Waals surface area (Å²) in [5.74, 6) is -1.20. The van der Waals surface area contributed by atoms with Crippen molar-refractivity contribution in [3.8, 4) is 11.4 Å². The highest BCUT2D eigenvalue weighted by atomic mass is 19.2. The molecule has 1 aromatic heterocycles. The quantitative estimate of drug-likeness (QED) is 0.772. The minimum Gasteiger partial charge on any atom is -0.368 e. The van der Waals surface area contributed by atoms with Gasteiger partial charge < -0.3 is 5.73 Å². The molecule has 2 N–H and O–H groups in total. The van der Waals surface area contributed by atoms with Crippen molar-refractivity contribution < 1.29 is 8.78 Å². The van der Waals surface area contributed by atoms with Crippen molar-refractivity contribution in [2.45, 2.75) is 0 Å². The van der Waals surface area contributed by atoms with Crippen LogP contribution in [0.2, 0.25) is 0 Å². The Morgan fingerprint density at radius 1 is 1.20 bits per heavy atom. The number of nitrogens with two attached hydrogens (primary N) is 1. The summed E-state index contributed by atoms with van der Waals surface area (Å²) in [7, 11) is 1.64. The van der Waals surface area contributed by atoms with Crippen molar-refractivity contribution in [2.24, 2.45) is 7.05 Å². The van der Waals surface area contributed by atoms with E-state index in [2.05, 4.69) is 10.2 Å². The maximum atomic E-state index is 12.9. The molecule has 0 saturated heterocycles. The van der Waals surface area contributed by atoms with Crippen LogP contribution in [0.1, 0.15) is 0 Å². The van der Waals surface area contributed by atoms with Crippen LogP contribution >= 0.6 is 0 Å². The van der Waals surface area contributed by atoms with E-state index in [-0.39, 0.29) is 5.95 Å². The van der Waals surface area contributed by atoms with Gasteiger partial charge in [0.15, 0.2) is 17.5 Å². The van der Waals surface area contributed by atoms with Crippen LogP contribution in [-0.2, 0) is 7.05 Å². The molecule has 0 atom stereocenters. The molecule has 0 bridgehead atoms. The van der Waals surface area contributed by atoms with E-state index >= 15 is 0 Å². The zero-order valence-corrected chi connectivity index (χ0v) is 7.91. The van der Waals surface area contributed by atoms with E-state index in [1.54, 1.807) is 7.05 Å². The first-order chi connectivity index (χ1) is 7.09. The van der Waals surface area contributed by atoms with Crippen LogP contribution < -0.4 is 5.73 Å². The van der Waals surface area contributed by atoms with Gasteiger partial charge >= 0.3 is 0 Å². The topological polar surface area (TPSA) is 56.7 Å². The Hall–Kier alpha value is -1.98. The second kappa shape index (κ2) is 3.30. The monoisotopic (exact) mass is 210 g/mol. The SMILES string of the molecule is Cn1c(N)nnc1-c1ccc(F)c(F)c1. The number of nitrogen functional groups attached to an aromatic ring is 1. The average molecular weight is 210 g/mol. The average Bonchev–Trinajstić information content (AvgIpc) is 2.53. The molecule has 0 radical (unpaired) electrons. The Labute approximate surface area is 84.4 Å². The molecule has 6 heteroatoms. The first kappa shape index (κ1) is 9.57. The molecule has 15 heavy (non-hydrogen) atoms. The second-order valence-electron chi connectivity index (χ2n) is 3.07. The highest BCUT2D eigenvalue weighted by molar-refractivity contribution is 5.56. The lowest BCUT2D eigenvalue weighted by Gasteiger charge is -2.01. The Bertz CT molecular complexity index is 507. The van der Waals surface area contributed by atoms with Gasteiger partial charge in [-0.25, -0.2) is 8.78 Å². The molecule has 2 rings (SSSR count). The van der Waals surface area contributed by atoms with Gasteiger partial charge in [-0.15, -0.1) is 10.2 Å². The fourth-order valence-electron chi connectivity index (χ4n) is 1.23. The summed E-state index contributed by atoms with van der Waals surface area (Å²) in [6.45, 7) is 0. The van der Waals surface area contributed by atoms with Crippen molar-refractivity contribution in [1.29, 1.82) is 0 Å². The minimum atomic E-state index is -0.922. The molecular weight excluding hydrogens is 202 g/mol. The van der Waals surface area contributed by atoms with E-state index in [9.17, 15) is 8.78 Å². The molecule has 0 fully saturated rings. The number of benzene rings is 1. The fraction of sp³-hybridized carbons (Fsp3) is 0.111. The molecule has 4 nitrogen and oxygen atoms in total. The summed E-state index contributed by atoms with van der Waals surface area (Å²) in [5, 5.41) is 7.37. The van der Waals surface area contributed by atoms with Gasteiger partial charge in [0, 0.05) is 12.6 Å². The van der Waals surface area contributed by atoms with Crippen LogP contribution in [0.4, 0.5) is 14.7 Å². The van der Waals surface area contributed by atoms with E-state index in [0.717, 1.165) is 12.1 Å². The van der Waals surface area contributed by atoms with Crippen molar-refractivity contribution in [3.05, 3.63) is 29.8 Å². The summed E-state index contributed by atoms with van der Waals surface area (Å²) >= 11 is 0. The number of anilines is 1. The molecule has 0 amide bonds. The third kappa shape index (κ3) is 1.54. The lowest BCUT2D eigenvalue weighted by Crippen LogP contribution is -1.99. The predicted octanol–water partition coefficient (Wildman–Crippen LogP) is 1.34. The number of rotatable bonds is 1. The smallest absolute Gasteiger partial charge is 0.222 e. The van der Waals surface area contributed by atoms with Gasteiger partial charge in [0.25, 0.3) is 0 Å². The maximum absolute atomic E-state index is 12.9. The molecule has 78 valence electrons. The predicted molar refractivity (Wildman–Crippen MR) is 50.8 cm³/mol. The van der Waals surface area contributed by atoms with E-state index < -0.39 is 11.6 Å². The summed E-state index contributed by atoms with van der Waals surface area (Å²) < 4.78 is 27.1. The first-order valence-electron chi connectivity index (χ1n) is 4.20. The minimum absolute atomic E-state index is 0.217. The Morgan fingerprint density at radius 3 is 2.47 bits per heavy atom. The van der Waals surface area contributed by atoms with Gasteiger partial charge in [-0.05, 0) is 18.2 Å². The van der Waals surface area contributed by atoms with Crippen molar-refractivity contribution >= 4 is 5.95 Å². The van der Waals surface area contributed by atoms with Crippen LogP contribution in [0.15, 0.2) is 18.2 Å². The lowest BCUT2D eigenvalue weighted by molar-refractivity contribution is 0.509. The maximum Gasteiger partial charge on any atom is 0.222 e. The molecule has 1 heterocycles. The highest BCUT2D eigenvalue weighted by Gasteiger charge is 2.10. The Kier molecular flexibility index (Phi) is 2.11. The fourth-order valence-corrected chi connectivity index (χ4v) is 1.23. The van der Waals surface area contributed by atoms with Crippen molar-refractivity contribution in [1.82, 2.24) is 14.8 Å². The van der Waals surface area contributed by atoms with Gasteiger partial charge in [0.2, 0.25) is 5.95 Å². The molecule has 1 aromatic carbocycles. The number of hydrogen-bond acceptors (Lipinski definition) is 3. The zero-order chi connectivity index (χ0) is 11.0. The van der Waals surface area contributed by atoms with Gasteiger partial charge in [0.05, 0.1) is 0 Å². The molecule has 0 spiro atoms. The summed E-state index contributed by atoms with van der Waals surface area (Å²) in [4.78, 5) is 0. The van der Waals surface area contributed by atoms with Crippen LogP contribution in [0, 0.1) is 11.6 Å². The zero-order valence-electron chi connectivity index (χ0n) is 7.91. The lowest BCUT2D eigenvalue weighted by atomic mass is 10.2. The van der Waals surface area contributed by atoms with E-state index in [0.29, 0.717) is 11.4 Å². The van der Waals surface area contributed by atoms with Crippen molar-refractivity contribution in [3.63, 3.8) is 0 Å². The third-order valence-electron chi connectivity index (χ3n) is 2.09. The van der Waals surface area contributed by atoms with Gasteiger partial charge in [-0.3, -0.25) is 4.57 Å². The van der Waals surface area contributed by atoms with E-state index in [1.807, 2.05) is 0 Å². The standard InChI is InChI=1S/C9H8F2N4/c1-15-8(13-14-9(15)12)5-2-3-6(10)7(11)4-5/h2-4H,1H3,(H2,12,14). The van der Waals surface area contributed by atoms with Crippen LogP contribution in [0.5, 0.6) is 0 Å². The second-order valence-corrected chi connectivity index (χ2v) is 3.07. The molecule has 0 saturated carbocycles. The summed E-state index contributed by atoms with van der Waals surface area (Å²) in [5.41, 5.74) is 5.90.